The van der Waals surface area contributed by atoms with Crippen molar-refractivity contribution < 1.29 is 19.1 Å². The molecule has 0 atom stereocenters. The van der Waals surface area contributed by atoms with Gasteiger partial charge in [0.15, 0.2) is 5.69 Å². The molecular formula is C10H14N2O4. The number of carbonyl (C=O) groups excluding carboxylic acids is 2. The Bertz CT molecular complexity index is 398. The van der Waals surface area contributed by atoms with Gasteiger partial charge >= 0.3 is 11.9 Å². The highest BCUT2D eigenvalue weighted by Gasteiger charge is 2.18. The number of aryl methyl sites for hydroxylation is 1. The van der Waals surface area contributed by atoms with Gasteiger partial charge in [-0.3, -0.25) is 4.79 Å². The lowest BCUT2D eigenvalue weighted by molar-refractivity contribution is -0.141. The maximum atomic E-state index is 11.6. The first-order chi connectivity index (χ1) is 7.60. The zero-order valence-electron chi connectivity index (χ0n) is 9.52. The average Bonchev–Trinajstić information content (AvgIpc) is 2.60. The Labute approximate surface area is 93.2 Å². The van der Waals surface area contributed by atoms with Crippen LogP contribution in [0, 0.1) is 6.92 Å². The fraction of sp³-hybridized carbons (Fsp3) is 0.500. The van der Waals surface area contributed by atoms with Crippen LogP contribution >= 0.6 is 0 Å². The zero-order chi connectivity index (χ0) is 12.1. The number of aromatic nitrogens is 2. The third-order valence-corrected chi connectivity index (χ3v) is 2.02. The van der Waals surface area contributed by atoms with Gasteiger partial charge in [-0.2, -0.15) is 0 Å². The van der Waals surface area contributed by atoms with Gasteiger partial charge in [-0.15, -0.1) is 0 Å². The highest BCUT2D eigenvalue weighted by molar-refractivity contribution is 5.89. The summed E-state index contributed by atoms with van der Waals surface area (Å²) in [7, 11) is 1.29. The van der Waals surface area contributed by atoms with Gasteiger partial charge < -0.3 is 14.0 Å². The van der Waals surface area contributed by atoms with Gasteiger partial charge in [0.2, 0.25) is 0 Å². The maximum absolute atomic E-state index is 11.6. The molecule has 0 aliphatic heterocycles. The van der Waals surface area contributed by atoms with Crippen molar-refractivity contribution in [2.75, 3.05) is 13.7 Å². The molecule has 0 saturated heterocycles. The minimum absolute atomic E-state index is 0.0501. The number of hydrogen-bond donors (Lipinski definition) is 0. The van der Waals surface area contributed by atoms with Crippen molar-refractivity contribution in [3.63, 3.8) is 0 Å². The lowest BCUT2D eigenvalue weighted by Crippen LogP contribution is -2.18. The number of carbonyl (C=O) groups is 2. The Hall–Kier alpha value is -1.85. The molecular weight excluding hydrogens is 212 g/mol. The minimum Gasteiger partial charge on any atom is -0.468 e. The molecule has 0 bridgehead atoms. The summed E-state index contributed by atoms with van der Waals surface area (Å²) in [4.78, 5) is 26.6. The van der Waals surface area contributed by atoms with E-state index in [1.54, 1.807) is 13.8 Å². The van der Waals surface area contributed by atoms with E-state index in [-0.39, 0.29) is 18.8 Å². The molecule has 0 spiro atoms. The van der Waals surface area contributed by atoms with Gasteiger partial charge in [0.25, 0.3) is 0 Å². The monoisotopic (exact) mass is 226 g/mol. The van der Waals surface area contributed by atoms with Crippen LogP contribution in [-0.2, 0) is 20.8 Å². The molecule has 0 radical (unpaired) electrons. The molecule has 0 aliphatic rings. The largest absolute Gasteiger partial charge is 0.468 e. The predicted octanol–water partition coefficient (Wildman–Crippen LogP) is 0.541. The van der Waals surface area contributed by atoms with Crippen LogP contribution in [0.25, 0.3) is 0 Å². The van der Waals surface area contributed by atoms with Crippen LogP contribution in [0.4, 0.5) is 0 Å². The molecule has 0 saturated carbocycles. The number of methoxy groups -OCH3 is 1. The van der Waals surface area contributed by atoms with Gasteiger partial charge in [-0.1, -0.05) is 0 Å². The standard InChI is InChI=1S/C10H14N2O4/c1-4-16-10(14)9-7(2)11-6-12(9)5-8(13)15-3/h6H,4-5H2,1-3H3. The van der Waals surface area contributed by atoms with Gasteiger partial charge in [0.1, 0.15) is 6.54 Å². The number of esters is 2. The highest BCUT2D eigenvalue weighted by Crippen LogP contribution is 2.08. The number of nitrogens with zero attached hydrogens (tertiary/aromatic N) is 2. The second kappa shape index (κ2) is 5.29. The van der Waals surface area contributed by atoms with Crippen LogP contribution in [0.3, 0.4) is 0 Å². The molecule has 1 heterocycles. The summed E-state index contributed by atoms with van der Waals surface area (Å²) < 4.78 is 10.8. The average molecular weight is 226 g/mol. The van der Waals surface area contributed by atoms with Crippen molar-refractivity contribution in [1.82, 2.24) is 9.55 Å². The third-order valence-electron chi connectivity index (χ3n) is 2.02. The van der Waals surface area contributed by atoms with Crippen molar-refractivity contribution >= 4 is 11.9 Å². The molecule has 1 aromatic heterocycles. The lowest BCUT2D eigenvalue weighted by atomic mass is 10.3. The fourth-order valence-corrected chi connectivity index (χ4v) is 1.27. The Morgan fingerprint density at radius 3 is 2.75 bits per heavy atom. The fourth-order valence-electron chi connectivity index (χ4n) is 1.27. The smallest absolute Gasteiger partial charge is 0.356 e. The van der Waals surface area contributed by atoms with Crippen LogP contribution in [0.1, 0.15) is 23.1 Å². The summed E-state index contributed by atoms with van der Waals surface area (Å²) >= 11 is 0. The molecule has 6 heteroatoms. The molecule has 16 heavy (non-hydrogen) atoms. The normalized spacial score (nSPS) is 9.94. The van der Waals surface area contributed by atoms with E-state index in [0.717, 1.165) is 0 Å². The molecule has 6 nitrogen and oxygen atoms in total. The van der Waals surface area contributed by atoms with E-state index in [4.69, 9.17) is 4.74 Å². The lowest BCUT2D eigenvalue weighted by Gasteiger charge is -2.06. The number of ether oxygens (including phenoxy) is 2. The Morgan fingerprint density at radius 1 is 1.50 bits per heavy atom. The van der Waals surface area contributed by atoms with Crippen LogP contribution in [-0.4, -0.2) is 35.2 Å². The second-order valence-electron chi connectivity index (χ2n) is 3.10. The van der Waals surface area contributed by atoms with Crippen molar-refractivity contribution in [3.05, 3.63) is 17.7 Å². The van der Waals surface area contributed by atoms with Crippen LogP contribution in [0.15, 0.2) is 6.33 Å². The Balaban J connectivity index is 2.93. The molecule has 88 valence electrons. The van der Waals surface area contributed by atoms with Gasteiger partial charge in [0, 0.05) is 0 Å². The van der Waals surface area contributed by atoms with E-state index in [1.807, 2.05) is 0 Å². The highest BCUT2D eigenvalue weighted by atomic mass is 16.5. The van der Waals surface area contributed by atoms with Crippen LogP contribution < -0.4 is 0 Å². The van der Waals surface area contributed by atoms with Crippen molar-refractivity contribution in [1.29, 1.82) is 0 Å². The van der Waals surface area contributed by atoms with E-state index in [2.05, 4.69) is 9.72 Å². The SMILES string of the molecule is CCOC(=O)c1c(C)ncn1CC(=O)OC. The number of hydrogen-bond acceptors (Lipinski definition) is 5. The molecule has 0 N–H and O–H groups in total. The van der Waals surface area contributed by atoms with Gasteiger partial charge in [-0.05, 0) is 13.8 Å². The van der Waals surface area contributed by atoms with E-state index >= 15 is 0 Å². The van der Waals surface area contributed by atoms with Crippen molar-refractivity contribution in [2.45, 2.75) is 20.4 Å². The molecule has 0 amide bonds. The van der Waals surface area contributed by atoms with E-state index in [9.17, 15) is 9.59 Å². The first-order valence-electron chi connectivity index (χ1n) is 4.85. The summed E-state index contributed by atoms with van der Waals surface area (Å²) in [5.74, 6) is -0.927. The minimum atomic E-state index is -0.485. The summed E-state index contributed by atoms with van der Waals surface area (Å²) in [6.07, 6.45) is 1.42. The summed E-state index contributed by atoms with van der Waals surface area (Å²) in [6.45, 7) is 3.63. The molecule has 1 aromatic rings. The Morgan fingerprint density at radius 2 is 2.19 bits per heavy atom. The molecule has 0 aromatic carbocycles. The van der Waals surface area contributed by atoms with E-state index in [1.165, 1.54) is 18.0 Å². The topological polar surface area (TPSA) is 70.4 Å². The maximum Gasteiger partial charge on any atom is 0.356 e. The molecule has 1 rings (SSSR count). The first-order valence-corrected chi connectivity index (χ1v) is 4.85. The number of imidazole rings is 1. The predicted molar refractivity (Wildman–Crippen MR) is 54.9 cm³/mol. The summed E-state index contributed by atoms with van der Waals surface area (Å²) in [5, 5.41) is 0. The summed E-state index contributed by atoms with van der Waals surface area (Å²) in [6, 6.07) is 0. The van der Waals surface area contributed by atoms with E-state index < -0.39 is 11.9 Å². The van der Waals surface area contributed by atoms with Crippen LogP contribution in [0.2, 0.25) is 0 Å². The quantitative estimate of drug-likeness (QED) is 0.701. The third kappa shape index (κ3) is 2.59. The van der Waals surface area contributed by atoms with E-state index in [0.29, 0.717) is 5.69 Å². The molecule has 0 unspecified atom stereocenters. The van der Waals surface area contributed by atoms with Gasteiger partial charge in [-0.25, -0.2) is 9.78 Å². The van der Waals surface area contributed by atoms with Crippen molar-refractivity contribution in [3.8, 4) is 0 Å². The van der Waals surface area contributed by atoms with Crippen molar-refractivity contribution in [2.24, 2.45) is 0 Å². The first kappa shape index (κ1) is 12.2. The summed E-state index contributed by atoms with van der Waals surface area (Å²) in [5.41, 5.74) is 0.814. The molecule has 0 aliphatic carbocycles. The second-order valence-corrected chi connectivity index (χ2v) is 3.10. The zero-order valence-corrected chi connectivity index (χ0v) is 9.52. The molecule has 0 fully saturated rings. The van der Waals surface area contributed by atoms with Gasteiger partial charge in [0.05, 0.1) is 25.7 Å². The Kier molecular flexibility index (Phi) is 4.04. The number of rotatable bonds is 4. The van der Waals surface area contributed by atoms with Crippen LogP contribution in [0.5, 0.6) is 0 Å².